The van der Waals surface area contributed by atoms with E-state index >= 15 is 0 Å². The van der Waals surface area contributed by atoms with Crippen molar-refractivity contribution in [2.24, 2.45) is 0 Å². The van der Waals surface area contributed by atoms with Gasteiger partial charge in [-0.05, 0) is 28.5 Å². The predicted molar refractivity (Wildman–Crippen MR) is 70.7 cm³/mol. The number of thiophene rings is 1. The van der Waals surface area contributed by atoms with Gasteiger partial charge in [0.1, 0.15) is 5.82 Å². The van der Waals surface area contributed by atoms with Crippen molar-refractivity contribution in [1.82, 2.24) is 15.3 Å². The Balaban J connectivity index is 2.09. The van der Waals surface area contributed by atoms with Gasteiger partial charge in [0.2, 0.25) is 0 Å². The molecule has 1 atom stereocenters. The van der Waals surface area contributed by atoms with Crippen LogP contribution in [-0.4, -0.2) is 16.5 Å². The summed E-state index contributed by atoms with van der Waals surface area (Å²) < 4.78 is 1.15. The summed E-state index contributed by atoms with van der Waals surface area (Å²) in [6.07, 6.45) is 4.63. The summed E-state index contributed by atoms with van der Waals surface area (Å²) in [6, 6.07) is 2.43. The van der Waals surface area contributed by atoms with Crippen molar-refractivity contribution in [1.29, 1.82) is 0 Å². The minimum absolute atomic E-state index is 0.269. The number of likely N-dealkylation sites (N-methyl/N-ethyl adjacent to an activating group) is 1. The van der Waals surface area contributed by atoms with Crippen LogP contribution in [-0.2, 0) is 6.42 Å². The van der Waals surface area contributed by atoms with E-state index in [-0.39, 0.29) is 6.04 Å². The Morgan fingerprint density at radius 1 is 1.62 bits per heavy atom. The molecular formula is C11H14BrN3S. The molecule has 86 valence electrons. The van der Waals surface area contributed by atoms with Crippen molar-refractivity contribution >= 4 is 27.3 Å². The molecule has 2 aromatic heterocycles. The maximum atomic E-state index is 4.31. The summed E-state index contributed by atoms with van der Waals surface area (Å²) >= 11 is 5.25. The van der Waals surface area contributed by atoms with Gasteiger partial charge in [-0.2, -0.15) is 0 Å². The van der Waals surface area contributed by atoms with Gasteiger partial charge < -0.3 is 10.3 Å². The molecular weight excluding hydrogens is 286 g/mol. The molecule has 1 unspecified atom stereocenters. The maximum absolute atomic E-state index is 4.31. The molecule has 0 bridgehead atoms. The zero-order valence-corrected chi connectivity index (χ0v) is 11.4. The molecule has 0 aliphatic rings. The van der Waals surface area contributed by atoms with Gasteiger partial charge in [-0.15, -0.1) is 11.3 Å². The van der Waals surface area contributed by atoms with E-state index in [0.717, 1.165) is 23.3 Å². The highest BCUT2D eigenvalue weighted by Gasteiger charge is 2.14. The fraction of sp³-hybridized carbons (Fsp3) is 0.364. The molecule has 2 N–H and O–H groups in total. The van der Waals surface area contributed by atoms with Crippen molar-refractivity contribution in [2.45, 2.75) is 19.4 Å². The molecule has 0 aliphatic heterocycles. The third kappa shape index (κ3) is 2.93. The van der Waals surface area contributed by atoms with Crippen molar-refractivity contribution < 1.29 is 0 Å². The smallest absolute Gasteiger partial charge is 0.123 e. The molecule has 3 nitrogen and oxygen atoms in total. The van der Waals surface area contributed by atoms with Crippen LogP contribution in [0.2, 0.25) is 0 Å². The monoisotopic (exact) mass is 299 g/mol. The minimum atomic E-state index is 0.269. The second kappa shape index (κ2) is 5.61. The largest absolute Gasteiger partial charge is 0.347 e. The first-order chi connectivity index (χ1) is 7.79. The maximum Gasteiger partial charge on any atom is 0.123 e. The third-order valence-electron chi connectivity index (χ3n) is 2.33. The molecule has 0 fully saturated rings. The number of H-pyrrole nitrogens is 1. The van der Waals surface area contributed by atoms with E-state index in [9.17, 15) is 0 Å². The average molecular weight is 300 g/mol. The second-order valence-corrected chi connectivity index (χ2v) is 5.43. The van der Waals surface area contributed by atoms with Crippen LogP contribution in [0.4, 0.5) is 0 Å². The van der Waals surface area contributed by atoms with E-state index in [4.69, 9.17) is 0 Å². The third-order valence-corrected chi connectivity index (χ3v) is 4.05. The van der Waals surface area contributed by atoms with Crippen LogP contribution in [0.25, 0.3) is 0 Å². The molecule has 0 saturated heterocycles. The molecule has 0 saturated carbocycles. The Morgan fingerprint density at radius 2 is 2.50 bits per heavy atom. The quantitative estimate of drug-likeness (QED) is 0.890. The van der Waals surface area contributed by atoms with E-state index in [0.29, 0.717) is 0 Å². The van der Waals surface area contributed by atoms with Crippen LogP contribution in [0.15, 0.2) is 28.3 Å². The lowest BCUT2D eigenvalue weighted by Gasteiger charge is -2.14. The number of aromatic nitrogens is 2. The Morgan fingerprint density at radius 3 is 3.06 bits per heavy atom. The number of hydrogen-bond acceptors (Lipinski definition) is 3. The molecule has 5 heteroatoms. The summed E-state index contributed by atoms with van der Waals surface area (Å²) in [6.45, 7) is 3.05. The zero-order chi connectivity index (χ0) is 11.4. The zero-order valence-electron chi connectivity index (χ0n) is 9.03. The van der Waals surface area contributed by atoms with Crippen molar-refractivity contribution in [2.75, 3.05) is 6.54 Å². The Labute approximate surface area is 107 Å². The number of rotatable bonds is 5. The summed E-state index contributed by atoms with van der Waals surface area (Å²) in [5.74, 6) is 1.01. The number of hydrogen-bond donors (Lipinski definition) is 2. The SMILES string of the molecule is CCNC(Cc1cc(Br)cs1)c1ncc[nH]1. The normalized spacial score (nSPS) is 12.9. The van der Waals surface area contributed by atoms with Crippen LogP contribution in [0, 0.1) is 0 Å². The second-order valence-electron chi connectivity index (χ2n) is 3.52. The number of halogens is 1. The van der Waals surface area contributed by atoms with Crippen molar-refractivity contribution in [3.63, 3.8) is 0 Å². The Kier molecular flexibility index (Phi) is 4.15. The van der Waals surface area contributed by atoms with Gasteiger partial charge in [0.25, 0.3) is 0 Å². The molecule has 2 rings (SSSR count). The van der Waals surface area contributed by atoms with Gasteiger partial charge in [0.15, 0.2) is 0 Å². The first-order valence-electron chi connectivity index (χ1n) is 5.25. The van der Waals surface area contributed by atoms with Crippen LogP contribution in [0.5, 0.6) is 0 Å². The van der Waals surface area contributed by atoms with Gasteiger partial charge in [-0.1, -0.05) is 6.92 Å². The lowest BCUT2D eigenvalue weighted by Crippen LogP contribution is -2.23. The summed E-state index contributed by atoms with van der Waals surface area (Å²) in [7, 11) is 0. The van der Waals surface area contributed by atoms with E-state index in [1.807, 2.05) is 6.20 Å². The standard InChI is InChI=1S/C11H14BrN3S/c1-2-13-10(11-14-3-4-15-11)6-9-5-8(12)7-16-9/h3-5,7,10,13H,2,6H2,1H3,(H,14,15). The van der Waals surface area contributed by atoms with E-state index < -0.39 is 0 Å². The Bertz CT molecular complexity index is 424. The van der Waals surface area contributed by atoms with Gasteiger partial charge in [-0.25, -0.2) is 4.98 Å². The van der Waals surface area contributed by atoms with E-state index in [2.05, 4.69) is 49.6 Å². The molecule has 0 radical (unpaired) electrons. The summed E-state index contributed by atoms with van der Waals surface area (Å²) in [4.78, 5) is 8.84. The van der Waals surface area contributed by atoms with Gasteiger partial charge in [-0.3, -0.25) is 0 Å². The molecule has 0 amide bonds. The van der Waals surface area contributed by atoms with Gasteiger partial charge in [0, 0.05) is 33.5 Å². The van der Waals surface area contributed by atoms with Crippen molar-refractivity contribution in [3.8, 4) is 0 Å². The number of nitrogens with one attached hydrogen (secondary N) is 2. The average Bonchev–Trinajstić information content (AvgIpc) is 2.88. The van der Waals surface area contributed by atoms with E-state index in [1.165, 1.54) is 4.88 Å². The number of nitrogens with zero attached hydrogens (tertiary/aromatic N) is 1. The molecule has 2 heterocycles. The van der Waals surface area contributed by atoms with Crippen LogP contribution in [0.1, 0.15) is 23.7 Å². The highest BCUT2D eigenvalue weighted by atomic mass is 79.9. The molecule has 16 heavy (non-hydrogen) atoms. The van der Waals surface area contributed by atoms with Gasteiger partial charge in [0.05, 0.1) is 6.04 Å². The Hall–Kier alpha value is -0.650. The fourth-order valence-corrected chi connectivity index (χ4v) is 3.14. The van der Waals surface area contributed by atoms with Crippen molar-refractivity contribution in [3.05, 3.63) is 39.0 Å². The molecule has 0 aromatic carbocycles. The van der Waals surface area contributed by atoms with Crippen LogP contribution >= 0.6 is 27.3 Å². The van der Waals surface area contributed by atoms with Gasteiger partial charge >= 0.3 is 0 Å². The summed E-state index contributed by atoms with van der Waals surface area (Å²) in [5.41, 5.74) is 0. The van der Waals surface area contributed by atoms with Crippen LogP contribution in [0.3, 0.4) is 0 Å². The lowest BCUT2D eigenvalue weighted by atomic mass is 10.1. The highest BCUT2D eigenvalue weighted by Crippen LogP contribution is 2.24. The first kappa shape index (κ1) is 11.8. The van der Waals surface area contributed by atoms with Crippen LogP contribution < -0.4 is 5.32 Å². The summed E-state index contributed by atoms with van der Waals surface area (Å²) in [5, 5.41) is 5.55. The first-order valence-corrected chi connectivity index (χ1v) is 6.92. The number of aromatic amines is 1. The molecule has 0 aliphatic carbocycles. The predicted octanol–water partition coefficient (Wildman–Crippen LogP) is 3.13. The van der Waals surface area contributed by atoms with E-state index in [1.54, 1.807) is 17.5 Å². The minimum Gasteiger partial charge on any atom is -0.347 e. The fourth-order valence-electron chi connectivity index (χ4n) is 1.64. The topological polar surface area (TPSA) is 40.7 Å². The number of imidazole rings is 1. The lowest BCUT2D eigenvalue weighted by molar-refractivity contribution is 0.529. The molecule has 0 spiro atoms. The molecule has 2 aromatic rings. The highest BCUT2D eigenvalue weighted by molar-refractivity contribution is 9.10.